The molecule has 0 N–H and O–H groups in total. The third-order valence-electron chi connectivity index (χ3n) is 1.46. The molecule has 5 heteroatoms. The molecule has 0 unspecified atom stereocenters. The second-order valence-electron chi connectivity index (χ2n) is 2.22. The predicted octanol–water partition coefficient (Wildman–Crippen LogP) is 1.22. The zero-order valence-corrected chi connectivity index (χ0v) is 6.81. The molecule has 0 aliphatic rings. The van der Waals surface area contributed by atoms with Crippen LogP contribution in [0.1, 0.15) is 10.4 Å². The van der Waals surface area contributed by atoms with Crippen LogP contribution in [0.25, 0.3) is 0 Å². The van der Waals surface area contributed by atoms with Gasteiger partial charge >= 0.3 is 5.69 Å². The summed E-state index contributed by atoms with van der Waals surface area (Å²) in [4.78, 5) is 20.1. The van der Waals surface area contributed by atoms with Gasteiger partial charge in [-0.05, 0) is 12.1 Å². The minimum absolute atomic E-state index is 0.0931. The van der Waals surface area contributed by atoms with E-state index in [1.54, 1.807) is 0 Å². The van der Waals surface area contributed by atoms with Gasteiger partial charge in [0.25, 0.3) is 0 Å². The molecule has 0 fully saturated rings. The first-order valence-electron chi connectivity index (χ1n) is 3.38. The van der Waals surface area contributed by atoms with Crippen LogP contribution in [0.2, 0.25) is 0 Å². The summed E-state index contributed by atoms with van der Waals surface area (Å²) in [6, 6.07) is 4.92. The number of aldehydes is 1. The van der Waals surface area contributed by atoms with Gasteiger partial charge < -0.3 is 4.74 Å². The molecule has 0 bridgehead atoms. The smallest absolute Gasteiger partial charge is 0.311 e. The van der Waals surface area contributed by atoms with Crippen LogP contribution in [0.3, 0.4) is 0 Å². The van der Waals surface area contributed by atoms with E-state index in [4.69, 9.17) is 4.74 Å². The molecule has 0 aliphatic carbocycles. The summed E-state index contributed by atoms with van der Waals surface area (Å²) < 4.78 is 4.72. The van der Waals surface area contributed by atoms with Gasteiger partial charge in [-0.25, -0.2) is 0 Å². The quantitative estimate of drug-likeness (QED) is 0.398. The van der Waals surface area contributed by atoms with E-state index >= 15 is 0 Å². The van der Waals surface area contributed by atoms with E-state index in [-0.39, 0.29) is 17.0 Å². The van der Waals surface area contributed by atoms with Crippen molar-refractivity contribution in [3.63, 3.8) is 0 Å². The van der Waals surface area contributed by atoms with Crippen LogP contribution in [0.5, 0.6) is 5.75 Å². The number of hydrogen-bond acceptors (Lipinski definition) is 4. The third kappa shape index (κ3) is 1.81. The highest BCUT2D eigenvalue weighted by atomic mass is 16.6. The predicted molar refractivity (Wildman–Crippen MR) is 43.9 cm³/mol. The molecule has 67 valence electrons. The van der Waals surface area contributed by atoms with Crippen molar-refractivity contribution in [3.8, 4) is 5.75 Å². The molecule has 0 amide bonds. The lowest BCUT2D eigenvalue weighted by molar-refractivity contribution is -0.385. The van der Waals surface area contributed by atoms with Gasteiger partial charge in [0, 0.05) is 11.6 Å². The van der Waals surface area contributed by atoms with E-state index in [1.807, 2.05) is 0 Å². The van der Waals surface area contributed by atoms with Gasteiger partial charge in [0.2, 0.25) is 0 Å². The molecular formula is C8H6NO4. The summed E-state index contributed by atoms with van der Waals surface area (Å²) >= 11 is 0. The Balaban J connectivity index is 3.25. The van der Waals surface area contributed by atoms with Gasteiger partial charge in [-0.3, -0.25) is 14.9 Å². The summed E-state index contributed by atoms with van der Waals surface area (Å²) in [6.07, 6.45) is 0.492. The average molecular weight is 180 g/mol. The lowest BCUT2D eigenvalue weighted by atomic mass is 10.2. The van der Waals surface area contributed by atoms with E-state index in [1.165, 1.54) is 13.2 Å². The first-order chi connectivity index (χ1) is 6.19. The zero-order chi connectivity index (χ0) is 9.84. The molecule has 1 aromatic rings. The van der Waals surface area contributed by atoms with Crippen LogP contribution in [-0.2, 0) is 0 Å². The molecule has 1 radical (unpaired) electrons. The van der Waals surface area contributed by atoms with E-state index in [0.717, 1.165) is 6.07 Å². The summed E-state index contributed by atoms with van der Waals surface area (Å²) in [5, 5.41) is 10.4. The average Bonchev–Trinajstić information content (AvgIpc) is 2.16. The Morgan fingerprint density at radius 3 is 2.85 bits per heavy atom. The number of carbonyl (C=O) groups is 1. The molecule has 5 nitrogen and oxygen atoms in total. The maximum Gasteiger partial charge on any atom is 0.311 e. The zero-order valence-electron chi connectivity index (χ0n) is 6.81. The number of nitrogens with zero attached hydrogens (tertiary/aromatic N) is 1. The van der Waals surface area contributed by atoms with Crippen molar-refractivity contribution < 1.29 is 14.5 Å². The summed E-state index contributed by atoms with van der Waals surface area (Å²) in [5.41, 5.74) is -0.101. The van der Waals surface area contributed by atoms with Crippen LogP contribution in [0.15, 0.2) is 12.1 Å². The molecule has 0 saturated heterocycles. The van der Waals surface area contributed by atoms with Gasteiger partial charge in [0.05, 0.1) is 12.0 Å². The van der Waals surface area contributed by atoms with Gasteiger partial charge in [0.1, 0.15) is 0 Å². The molecule has 1 rings (SSSR count). The van der Waals surface area contributed by atoms with Crippen LogP contribution >= 0.6 is 0 Å². The van der Waals surface area contributed by atoms with Crippen molar-refractivity contribution in [1.29, 1.82) is 0 Å². The Kier molecular flexibility index (Phi) is 2.59. The Morgan fingerprint density at radius 1 is 1.69 bits per heavy atom. The largest absolute Gasteiger partial charge is 0.490 e. The summed E-state index contributed by atoms with van der Waals surface area (Å²) in [5.74, 6) is 0.0931. The third-order valence-corrected chi connectivity index (χ3v) is 1.46. The number of rotatable bonds is 3. The van der Waals surface area contributed by atoms with Gasteiger partial charge in [0.15, 0.2) is 12.0 Å². The number of hydrogen-bond donors (Lipinski definition) is 0. The highest BCUT2D eigenvalue weighted by molar-refractivity contribution is 5.76. The number of methoxy groups -OCH3 is 1. The minimum atomic E-state index is -0.611. The van der Waals surface area contributed by atoms with Crippen molar-refractivity contribution in [3.05, 3.63) is 33.9 Å². The molecular weight excluding hydrogens is 174 g/mol. The van der Waals surface area contributed by atoms with Crippen molar-refractivity contribution >= 4 is 12.0 Å². The maximum atomic E-state index is 10.4. The molecule has 1 aromatic carbocycles. The number of benzene rings is 1. The Hall–Kier alpha value is -1.91. The van der Waals surface area contributed by atoms with E-state index in [2.05, 4.69) is 6.07 Å². The first kappa shape index (κ1) is 9.18. The van der Waals surface area contributed by atoms with Gasteiger partial charge in [-0.1, -0.05) is 0 Å². The van der Waals surface area contributed by atoms with Crippen LogP contribution in [-0.4, -0.2) is 18.3 Å². The molecule has 13 heavy (non-hydrogen) atoms. The Morgan fingerprint density at radius 2 is 2.38 bits per heavy atom. The fourth-order valence-electron chi connectivity index (χ4n) is 0.857. The SMILES string of the molecule is COc1c[c]c(C=O)cc1[N+](=O)[O-]. The maximum absolute atomic E-state index is 10.4. The monoisotopic (exact) mass is 180 g/mol. The lowest BCUT2D eigenvalue weighted by Gasteiger charge is -2.00. The van der Waals surface area contributed by atoms with Crippen LogP contribution in [0, 0.1) is 16.2 Å². The van der Waals surface area contributed by atoms with E-state index < -0.39 is 4.92 Å². The van der Waals surface area contributed by atoms with Gasteiger partial charge in [-0.2, -0.15) is 0 Å². The topological polar surface area (TPSA) is 69.4 Å². The highest BCUT2D eigenvalue weighted by Gasteiger charge is 2.14. The van der Waals surface area contributed by atoms with Crippen molar-refractivity contribution in [1.82, 2.24) is 0 Å². The van der Waals surface area contributed by atoms with Crippen molar-refractivity contribution in [2.75, 3.05) is 7.11 Å². The highest BCUT2D eigenvalue weighted by Crippen LogP contribution is 2.26. The molecule has 0 heterocycles. The lowest BCUT2D eigenvalue weighted by Crippen LogP contribution is -1.94. The fourth-order valence-corrected chi connectivity index (χ4v) is 0.857. The second-order valence-corrected chi connectivity index (χ2v) is 2.22. The van der Waals surface area contributed by atoms with Crippen molar-refractivity contribution in [2.24, 2.45) is 0 Å². The Bertz CT molecular complexity index is 348. The number of ether oxygens (including phenoxy) is 1. The van der Waals surface area contributed by atoms with Crippen molar-refractivity contribution in [2.45, 2.75) is 0 Å². The second kappa shape index (κ2) is 3.66. The fraction of sp³-hybridized carbons (Fsp3) is 0.125. The number of nitro benzene ring substituents is 1. The molecule has 0 spiro atoms. The molecule has 0 aromatic heterocycles. The van der Waals surface area contributed by atoms with E-state index in [9.17, 15) is 14.9 Å². The first-order valence-corrected chi connectivity index (χ1v) is 3.38. The normalized spacial score (nSPS) is 9.31. The number of nitro groups is 1. The van der Waals surface area contributed by atoms with Crippen LogP contribution in [0.4, 0.5) is 5.69 Å². The van der Waals surface area contributed by atoms with E-state index in [0.29, 0.717) is 6.29 Å². The summed E-state index contributed by atoms with van der Waals surface area (Å²) in [7, 11) is 1.32. The van der Waals surface area contributed by atoms with Crippen LogP contribution < -0.4 is 4.74 Å². The minimum Gasteiger partial charge on any atom is -0.490 e. The molecule has 0 saturated carbocycles. The molecule has 0 atom stereocenters. The molecule has 0 aliphatic heterocycles. The van der Waals surface area contributed by atoms with Gasteiger partial charge in [-0.15, -0.1) is 0 Å². The number of carbonyl (C=O) groups excluding carboxylic acids is 1. The standard InChI is InChI=1S/C8H6NO4/c1-13-8-3-2-6(5-10)4-7(8)9(11)12/h3-5H,1H3. The Labute approximate surface area is 74.1 Å². The summed E-state index contributed by atoms with van der Waals surface area (Å²) in [6.45, 7) is 0.